The molecule has 0 aromatic rings. The van der Waals surface area contributed by atoms with Crippen LogP contribution >= 0.6 is 0 Å². The van der Waals surface area contributed by atoms with Gasteiger partial charge in [0, 0.05) is 0 Å². The molecular weight excluding hydrogens is 194 g/mol. The van der Waals surface area contributed by atoms with Crippen molar-refractivity contribution in [3.8, 4) is 0 Å². The van der Waals surface area contributed by atoms with Gasteiger partial charge in [-0.15, -0.1) is 0 Å². The van der Waals surface area contributed by atoms with E-state index in [1.807, 2.05) is 0 Å². The van der Waals surface area contributed by atoms with Crippen LogP contribution in [0.4, 0.5) is 0 Å². The van der Waals surface area contributed by atoms with E-state index in [4.69, 9.17) is 10.3 Å². The zero-order chi connectivity index (χ0) is 10.7. The second-order valence-corrected chi connectivity index (χ2v) is 4.90. The number of hydrogen-bond acceptors (Lipinski definition) is 3. The van der Waals surface area contributed by atoms with Gasteiger partial charge in [0.05, 0.1) is 5.75 Å². The predicted molar refractivity (Wildman–Crippen MR) is 48.5 cm³/mol. The minimum atomic E-state index is -4.03. The monoisotopic (exact) mass is 207 g/mol. The molecule has 0 saturated heterocycles. The van der Waals surface area contributed by atoms with Crippen LogP contribution in [0.2, 0.25) is 0 Å². The largest absolute Gasteiger partial charge is 0.366 e. The molecule has 0 saturated carbocycles. The Bertz CT molecular complexity index is 315. The molecule has 0 unspecified atom stereocenters. The van der Waals surface area contributed by atoms with Crippen molar-refractivity contribution in [1.82, 2.24) is 0 Å². The third kappa shape index (κ3) is 7.48. The number of rotatable bonds is 4. The quantitative estimate of drug-likeness (QED) is 0.498. The summed E-state index contributed by atoms with van der Waals surface area (Å²) in [6.45, 7) is 3.14. The Morgan fingerprint density at radius 2 is 2.00 bits per heavy atom. The summed E-state index contributed by atoms with van der Waals surface area (Å²) in [7, 11) is -4.03. The molecule has 0 aliphatic heterocycles. The van der Waals surface area contributed by atoms with Gasteiger partial charge in [0.25, 0.3) is 10.1 Å². The molecule has 0 aromatic heterocycles. The third-order valence-corrected chi connectivity index (χ3v) is 2.36. The lowest BCUT2D eigenvalue weighted by Gasteiger charge is -2.16. The van der Waals surface area contributed by atoms with Crippen molar-refractivity contribution in [2.45, 2.75) is 13.8 Å². The number of carbonyl (C=O) groups is 1. The first-order valence-electron chi connectivity index (χ1n) is 3.56. The van der Waals surface area contributed by atoms with E-state index in [0.717, 1.165) is 6.08 Å². The number of primary amides is 1. The van der Waals surface area contributed by atoms with E-state index in [9.17, 15) is 13.2 Å². The van der Waals surface area contributed by atoms with Crippen LogP contribution in [0.5, 0.6) is 0 Å². The molecule has 0 atom stereocenters. The predicted octanol–water partition coefficient (Wildman–Crippen LogP) is -0.0581. The van der Waals surface area contributed by atoms with Crippen LogP contribution in [0.25, 0.3) is 0 Å². The topological polar surface area (TPSA) is 97.5 Å². The third-order valence-electron chi connectivity index (χ3n) is 1.25. The second kappa shape index (κ2) is 3.89. The first kappa shape index (κ1) is 12.1. The van der Waals surface area contributed by atoms with Gasteiger partial charge in [-0.2, -0.15) is 8.42 Å². The molecule has 13 heavy (non-hydrogen) atoms. The lowest BCUT2D eigenvalue weighted by Crippen LogP contribution is -2.22. The summed E-state index contributed by atoms with van der Waals surface area (Å²) in [5, 5.41) is 0. The van der Waals surface area contributed by atoms with Crippen LogP contribution in [0.1, 0.15) is 13.8 Å². The standard InChI is InChI=1S/C7H13NO4S/c1-7(2,4-3-6(8)9)5-13(10,11)12/h3-4H,5H2,1-2H3,(H2,8,9)(H,10,11,12). The summed E-state index contributed by atoms with van der Waals surface area (Å²) >= 11 is 0. The van der Waals surface area contributed by atoms with Crippen LogP contribution < -0.4 is 5.73 Å². The highest BCUT2D eigenvalue weighted by Gasteiger charge is 2.21. The Labute approximate surface area is 77.4 Å². The molecule has 0 aromatic carbocycles. The fourth-order valence-corrected chi connectivity index (χ4v) is 1.86. The Hall–Kier alpha value is -0.880. The van der Waals surface area contributed by atoms with Gasteiger partial charge in [-0.3, -0.25) is 9.35 Å². The summed E-state index contributed by atoms with van der Waals surface area (Å²) in [6, 6.07) is 0. The molecule has 0 aliphatic carbocycles. The van der Waals surface area contributed by atoms with E-state index in [-0.39, 0.29) is 0 Å². The van der Waals surface area contributed by atoms with Crippen LogP contribution in [-0.4, -0.2) is 24.6 Å². The molecule has 0 radical (unpaired) electrons. The summed E-state index contributed by atoms with van der Waals surface area (Å²) in [5.74, 6) is -1.09. The maximum absolute atomic E-state index is 10.5. The van der Waals surface area contributed by atoms with Crippen LogP contribution in [0.15, 0.2) is 12.2 Å². The smallest absolute Gasteiger partial charge is 0.265 e. The van der Waals surface area contributed by atoms with E-state index in [1.54, 1.807) is 13.8 Å². The van der Waals surface area contributed by atoms with Crippen molar-refractivity contribution in [2.24, 2.45) is 11.1 Å². The Morgan fingerprint density at radius 1 is 1.54 bits per heavy atom. The Morgan fingerprint density at radius 3 is 2.31 bits per heavy atom. The maximum atomic E-state index is 10.5. The van der Waals surface area contributed by atoms with Crippen molar-refractivity contribution in [3.05, 3.63) is 12.2 Å². The van der Waals surface area contributed by atoms with Crippen LogP contribution in [0, 0.1) is 5.41 Å². The lowest BCUT2D eigenvalue weighted by molar-refractivity contribution is -0.113. The molecule has 1 amide bonds. The molecule has 0 aliphatic rings. The average molecular weight is 207 g/mol. The van der Waals surface area contributed by atoms with Crippen molar-refractivity contribution in [2.75, 3.05) is 5.75 Å². The molecule has 0 bridgehead atoms. The van der Waals surface area contributed by atoms with Crippen molar-refractivity contribution >= 4 is 16.0 Å². The number of allylic oxidation sites excluding steroid dienone is 1. The van der Waals surface area contributed by atoms with Gasteiger partial charge in [-0.05, 0) is 11.5 Å². The van der Waals surface area contributed by atoms with E-state index in [1.165, 1.54) is 6.08 Å². The zero-order valence-corrected chi connectivity index (χ0v) is 8.34. The average Bonchev–Trinajstić information content (AvgIpc) is 1.78. The summed E-state index contributed by atoms with van der Waals surface area (Å²) in [4.78, 5) is 10.3. The molecule has 0 spiro atoms. The Balaban J connectivity index is 4.51. The highest BCUT2D eigenvalue weighted by atomic mass is 32.2. The summed E-state index contributed by atoms with van der Waals surface area (Å²) in [5.41, 5.74) is 4.02. The molecule has 0 fully saturated rings. The molecule has 0 heterocycles. The van der Waals surface area contributed by atoms with E-state index >= 15 is 0 Å². The van der Waals surface area contributed by atoms with Crippen LogP contribution in [-0.2, 0) is 14.9 Å². The molecule has 3 N–H and O–H groups in total. The SMILES string of the molecule is CC(C)(C=CC(N)=O)CS(=O)(=O)O. The van der Waals surface area contributed by atoms with Gasteiger partial charge in [0.2, 0.25) is 5.91 Å². The first-order valence-corrected chi connectivity index (χ1v) is 5.17. The molecule has 6 heteroatoms. The van der Waals surface area contributed by atoms with Gasteiger partial charge < -0.3 is 5.73 Å². The molecule has 5 nitrogen and oxygen atoms in total. The fourth-order valence-electron chi connectivity index (χ4n) is 0.826. The van der Waals surface area contributed by atoms with E-state index in [0.29, 0.717) is 0 Å². The minimum absolute atomic E-state index is 0.441. The zero-order valence-electron chi connectivity index (χ0n) is 7.52. The molecule has 0 rings (SSSR count). The number of hydrogen-bond donors (Lipinski definition) is 2. The number of nitrogens with two attached hydrogens (primary N) is 1. The normalized spacial score (nSPS) is 13.5. The van der Waals surface area contributed by atoms with Gasteiger partial charge in [0.1, 0.15) is 0 Å². The number of amides is 1. The van der Waals surface area contributed by atoms with Crippen LogP contribution in [0.3, 0.4) is 0 Å². The van der Waals surface area contributed by atoms with E-state index in [2.05, 4.69) is 0 Å². The summed E-state index contributed by atoms with van der Waals surface area (Å²) in [6.07, 6.45) is 2.42. The second-order valence-electron chi connectivity index (χ2n) is 3.45. The van der Waals surface area contributed by atoms with Crippen molar-refractivity contribution < 1.29 is 17.8 Å². The maximum Gasteiger partial charge on any atom is 0.265 e. The minimum Gasteiger partial charge on any atom is -0.366 e. The highest BCUT2D eigenvalue weighted by Crippen LogP contribution is 2.18. The lowest BCUT2D eigenvalue weighted by atomic mass is 9.96. The highest BCUT2D eigenvalue weighted by molar-refractivity contribution is 7.85. The van der Waals surface area contributed by atoms with Gasteiger partial charge in [0.15, 0.2) is 0 Å². The van der Waals surface area contributed by atoms with Gasteiger partial charge >= 0.3 is 0 Å². The number of carbonyl (C=O) groups excluding carboxylic acids is 1. The Kier molecular flexibility index (Phi) is 3.62. The van der Waals surface area contributed by atoms with Crippen molar-refractivity contribution in [1.29, 1.82) is 0 Å². The van der Waals surface area contributed by atoms with E-state index < -0.39 is 27.2 Å². The molecular formula is C7H13NO4S. The first-order chi connectivity index (χ1) is 5.62. The molecule has 76 valence electrons. The van der Waals surface area contributed by atoms with Gasteiger partial charge in [-0.1, -0.05) is 19.9 Å². The van der Waals surface area contributed by atoms with Crippen molar-refractivity contribution in [3.63, 3.8) is 0 Å². The summed E-state index contributed by atoms with van der Waals surface area (Å²) < 4.78 is 29.5. The fraction of sp³-hybridized carbons (Fsp3) is 0.571. The van der Waals surface area contributed by atoms with Gasteiger partial charge in [-0.25, -0.2) is 0 Å².